The van der Waals surface area contributed by atoms with E-state index in [9.17, 15) is 17.3 Å². The summed E-state index contributed by atoms with van der Waals surface area (Å²) in [7, 11) is -3.92. The molecule has 0 spiro atoms. The Hall–Kier alpha value is -0.875. The van der Waals surface area contributed by atoms with Crippen LogP contribution in [-0.2, 0) is 0 Å². The van der Waals surface area contributed by atoms with Crippen molar-refractivity contribution < 1.29 is 18.7 Å². The molecule has 1 aliphatic rings. The second-order valence-electron chi connectivity index (χ2n) is 2.60. The van der Waals surface area contributed by atoms with Gasteiger partial charge in [-0.1, -0.05) is 0 Å². The highest BCUT2D eigenvalue weighted by Crippen LogP contribution is 2.06. The first-order valence-electron chi connectivity index (χ1n) is 3.83. The van der Waals surface area contributed by atoms with E-state index in [1.807, 2.05) is 0 Å². The zero-order valence-corrected chi connectivity index (χ0v) is 7.55. The Kier molecular flexibility index (Phi) is 4.65. The van der Waals surface area contributed by atoms with Crippen molar-refractivity contribution >= 4 is 7.25 Å². The maximum atomic E-state index is 9.75. The van der Waals surface area contributed by atoms with Gasteiger partial charge < -0.3 is 27.1 Å². The molecule has 0 saturated carbocycles. The molecule has 0 amide bonds. The highest BCUT2D eigenvalue weighted by atomic mass is 19.5. The summed E-state index contributed by atoms with van der Waals surface area (Å²) in [5.74, 6) is 0. The first-order chi connectivity index (χ1) is 5.83. The van der Waals surface area contributed by atoms with Crippen LogP contribution < -0.4 is 0 Å². The second kappa shape index (κ2) is 4.99. The van der Waals surface area contributed by atoms with Crippen molar-refractivity contribution in [1.29, 1.82) is 0 Å². The van der Waals surface area contributed by atoms with E-state index < -0.39 is 7.25 Å². The fraction of sp³-hybridized carbons (Fsp3) is 0.667. The average Bonchev–Trinajstić information content (AvgIpc) is 2.31. The molecule has 2 nitrogen and oxygen atoms in total. The third-order valence-corrected chi connectivity index (χ3v) is 1.34. The average molecular weight is 200 g/mol. The third kappa shape index (κ3) is 9.04. The Morgan fingerprint density at radius 2 is 1.77 bits per heavy atom. The predicted molar refractivity (Wildman–Crippen MR) is 45.4 cm³/mol. The molecule has 0 unspecified atom stereocenters. The fourth-order valence-electron chi connectivity index (χ4n) is 0.794. The molecule has 78 valence electrons. The van der Waals surface area contributed by atoms with Crippen LogP contribution in [0.25, 0.3) is 0 Å². The zero-order chi connectivity index (χ0) is 10.5. The Labute approximate surface area is 76.4 Å². The summed E-state index contributed by atoms with van der Waals surface area (Å²) in [5, 5.41) is 0. The van der Waals surface area contributed by atoms with Gasteiger partial charge in [0.25, 0.3) is 0 Å². The van der Waals surface area contributed by atoms with Crippen LogP contribution in [0.15, 0.2) is 12.4 Å². The summed E-state index contributed by atoms with van der Waals surface area (Å²) in [4.78, 5) is 4.41. The maximum absolute atomic E-state index is 9.75. The number of rotatable bonds is 1. The van der Waals surface area contributed by atoms with Crippen LogP contribution in [0.2, 0.25) is 0 Å². The van der Waals surface area contributed by atoms with Crippen molar-refractivity contribution in [2.24, 2.45) is 0 Å². The van der Waals surface area contributed by atoms with Crippen molar-refractivity contribution in [3.63, 3.8) is 0 Å². The molecule has 0 aromatic heterocycles. The topological polar surface area (TPSA) is 6.48 Å². The highest BCUT2D eigenvalue weighted by Gasteiger charge is 2.20. The Morgan fingerprint density at radius 3 is 1.92 bits per heavy atom. The molecule has 0 aromatic carbocycles. The summed E-state index contributed by atoms with van der Waals surface area (Å²) >= 11 is 0. The Balaban J connectivity index is 0. The largest absolute Gasteiger partial charge is 1.00 e. The standard InChI is InChI=1S/C6H12N2.BF4/c1-3-8-5-4-7(2)6-8;2-1(3,4)5/h4-5H,3,6H2,1-2H3;/q;-1/p+1. The highest BCUT2D eigenvalue weighted by molar-refractivity contribution is 6.50. The van der Waals surface area contributed by atoms with E-state index in [-0.39, 0.29) is 1.43 Å². The molecule has 7 heteroatoms. The van der Waals surface area contributed by atoms with Crippen molar-refractivity contribution in [3.8, 4) is 0 Å². The lowest BCUT2D eigenvalue weighted by molar-refractivity contribution is 0.308. The molecule has 1 rings (SSSR count). The minimum Gasteiger partial charge on any atom is -0.418 e. The number of halogens is 4. The molecule has 0 bridgehead atoms. The van der Waals surface area contributed by atoms with E-state index in [2.05, 4.69) is 36.2 Å². The van der Waals surface area contributed by atoms with Gasteiger partial charge in [0, 0.05) is 26.0 Å². The predicted octanol–water partition coefficient (Wildman–Crippen LogP) is 2.09. The molecule has 0 aliphatic carbocycles. The van der Waals surface area contributed by atoms with Crippen LogP contribution in [0.5, 0.6) is 0 Å². The molecule has 0 fully saturated rings. The SMILES string of the molecule is CCN1C=CN(C)C1.F[B-](F)(F)F.[H+]. The fourth-order valence-corrected chi connectivity index (χ4v) is 0.794. The molecule has 0 N–H and O–H groups in total. The van der Waals surface area contributed by atoms with Gasteiger partial charge in [-0.05, 0) is 6.92 Å². The lowest BCUT2D eigenvalue weighted by Crippen LogP contribution is -2.21. The molecule has 13 heavy (non-hydrogen) atoms. The van der Waals surface area contributed by atoms with E-state index in [1.54, 1.807) is 0 Å². The van der Waals surface area contributed by atoms with Crippen LogP contribution in [0.3, 0.4) is 0 Å². The summed E-state index contributed by atoms with van der Waals surface area (Å²) in [6, 6.07) is 0. The summed E-state index contributed by atoms with van der Waals surface area (Å²) in [6.45, 7) is 4.32. The van der Waals surface area contributed by atoms with Gasteiger partial charge in [-0.2, -0.15) is 0 Å². The molecule has 1 heterocycles. The van der Waals surface area contributed by atoms with Crippen LogP contribution in [-0.4, -0.2) is 37.3 Å². The van der Waals surface area contributed by atoms with Gasteiger partial charge in [0.05, 0.1) is 6.67 Å². The van der Waals surface area contributed by atoms with E-state index in [4.69, 9.17) is 0 Å². The minimum absolute atomic E-state index is 0. The third-order valence-electron chi connectivity index (χ3n) is 1.34. The second-order valence-corrected chi connectivity index (χ2v) is 2.60. The molecular formula is C6H13BF4N2. The molecule has 1 aliphatic heterocycles. The number of nitrogens with zero attached hydrogens (tertiary/aromatic N) is 2. The van der Waals surface area contributed by atoms with Crippen molar-refractivity contribution in [1.82, 2.24) is 9.80 Å². The Morgan fingerprint density at radius 1 is 1.31 bits per heavy atom. The Bertz CT molecular complexity index is 170. The van der Waals surface area contributed by atoms with Gasteiger partial charge in [-0.15, -0.1) is 0 Å². The van der Waals surface area contributed by atoms with E-state index in [0.29, 0.717) is 0 Å². The van der Waals surface area contributed by atoms with Gasteiger partial charge in [0.2, 0.25) is 0 Å². The van der Waals surface area contributed by atoms with E-state index in [0.717, 1.165) is 13.2 Å². The van der Waals surface area contributed by atoms with Gasteiger partial charge in [-0.25, -0.2) is 0 Å². The molecular weight excluding hydrogens is 187 g/mol. The van der Waals surface area contributed by atoms with Crippen LogP contribution >= 0.6 is 0 Å². The van der Waals surface area contributed by atoms with E-state index >= 15 is 0 Å². The summed E-state index contributed by atoms with van der Waals surface area (Å²) in [6.07, 6.45) is 4.20. The zero-order valence-electron chi connectivity index (χ0n) is 8.55. The smallest absolute Gasteiger partial charge is 0.418 e. The van der Waals surface area contributed by atoms with Gasteiger partial charge in [0.1, 0.15) is 0 Å². The molecule has 0 radical (unpaired) electrons. The lowest BCUT2D eigenvalue weighted by atomic mass is 10.3. The quantitative estimate of drug-likeness (QED) is 0.472. The molecule has 0 aromatic rings. The lowest BCUT2D eigenvalue weighted by Gasteiger charge is -2.14. The minimum atomic E-state index is -6.00. The normalized spacial score (nSPS) is 15.8. The van der Waals surface area contributed by atoms with E-state index in [1.165, 1.54) is 0 Å². The maximum Gasteiger partial charge on any atom is 1.00 e. The first kappa shape index (κ1) is 12.1. The van der Waals surface area contributed by atoms with Crippen LogP contribution in [0.1, 0.15) is 8.35 Å². The van der Waals surface area contributed by atoms with Gasteiger partial charge in [-0.3, -0.25) is 0 Å². The van der Waals surface area contributed by atoms with Gasteiger partial charge >= 0.3 is 8.68 Å². The molecule has 0 saturated heterocycles. The van der Waals surface area contributed by atoms with Crippen molar-refractivity contribution in [2.75, 3.05) is 20.3 Å². The van der Waals surface area contributed by atoms with Crippen molar-refractivity contribution in [3.05, 3.63) is 12.4 Å². The number of hydrogen-bond acceptors (Lipinski definition) is 2. The van der Waals surface area contributed by atoms with Crippen molar-refractivity contribution in [2.45, 2.75) is 6.92 Å². The first-order valence-corrected chi connectivity index (χ1v) is 3.83. The summed E-state index contributed by atoms with van der Waals surface area (Å²) in [5.41, 5.74) is 0. The van der Waals surface area contributed by atoms with Crippen LogP contribution in [0.4, 0.5) is 17.3 Å². The summed E-state index contributed by atoms with van der Waals surface area (Å²) < 4.78 is 39.0. The molecule has 0 atom stereocenters. The monoisotopic (exact) mass is 200 g/mol. The van der Waals surface area contributed by atoms with Crippen LogP contribution in [0, 0.1) is 0 Å². The number of hydrogen-bond donors (Lipinski definition) is 0. The van der Waals surface area contributed by atoms with Gasteiger partial charge in [0.15, 0.2) is 0 Å².